The fraction of sp³-hybridized carbons (Fsp3) is 0.500. The zero-order valence-electron chi connectivity index (χ0n) is 12.6. The lowest BCUT2D eigenvalue weighted by molar-refractivity contribution is -0.133. The molecule has 0 bridgehead atoms. The maximum atomic E-state index is 12.3. The summed E-state index contributed by atoms with van der Waals surface area (Å²) in [5, 5.41) is 5.71. The van der Waals surface area contributed by atoms with E-state index in [4.69, 9.17) is 5.73 Å². The molecule has 1 aliphatic heterocycles. The molecule has 0 unspecified atom stereocenters. The highest BCUT2D eigenvalue weighted by Crippen LogP contribution is 2.27. The van der Waals surface area contributed by atoms with Gasteiger partial charge in [0.15, 0.2) is 0 Å². The third-order valence-corrected chi connectivity index (χ3v) is 4.09. The number of nitrogens with two attached hydrogens (primary N) is 1. The summed E-state index contributed by atoms with van der Waals surface area (Å²) in [7, 11) is 0. The van der Waals surface area contributed by atoms with E-state index in [-0.39, 0.29) is 17.7 Å². The second-order valence-corrected chi connectivity index (χ2v) is 5.97. The molecular weight excluding hydrogens is 266 g/mol. The first-order valence-electron chi connectivity index (χ1n) is 7.33. The van der Waals surface area contributed by atoms with E-state index in [9.17, 15) is 9.59 Å². The highest BCUT2D eigenvalue weighted by Gasteiger charge is 2.38. The molecule has 5 nitrogen and oxygen atoms in total. The molecule has 1 fully saturated rings. The molecule has 0 spiro atoms. The fourth-order valence-corrected chi connectivity index (χ4v) is 2.60. The van der Waals surface area contributed by atoms with E-state index in [1.54, 1.807) is 13.8 Å². The lowest BCUT2D eigenvalue weighted by Gasteiger charge is -2.28. The molecule has 21 heavy (non-hydrogen) atoms. The van der Waals surface area contributed by atoms with Crippen molar-refractivity contribution >= 4 is 11.8 Å². The van der Waals surface area contributed by atoms with E-state index >= 15 is 0 Å². The number of benzene rings is 1. The van der Waals surface area contributed by atoms with Gasteiger partial charge >= 0.3 is 0 Å². The van der Waals surface area contributed by atoms with Crippen LogP contribution >= 0.6 is 0 Å². The van der Waals surface area contributed by atoms with Gasteiger partial charge in [0.2, 0.25) is 11.8 Å². The largest absolute Gasteiger partial charge is 0.353 e. The Morgan fingerprint density at radius 3 is 2.71 bits per heavy atom. The summed E-state index contributed by atoms with van der Waals surface area (Å²) in [6.45, 7) is 3.96. The summed E-state index contributed by atoms with van der Waals surface area (Å²) < 4.78 is 0. The van der Waals surface area contributed by atoms with Gasteiger partial charge in [-0.1, -0.05) is 30.3 Å². The van der Waals surface area contributed by atoms with Gasteiger partial charge in [-0.05, 0) is 32.3 Å². The quantitative estimate of drug-likeness (QED) is 0.773. The third-order valence-electron chi connectivity index (χ3n) is 4.09. The fourth-order valence-electron chi connectivity index (χ4n) is 2.60. The minimum atomic E-state index is -0.895. The Kier molecular flexibility index (Phi) is 4.63. The Labute approximate surface area is 125 Å². The average molecular weight is 289 g/mol. The third kappa shape index (κ3) is 3.61. The van der Waals surface area contributed by atoms with Crippen molar-refractivity contribution in [3.8, 4) is 0 Å². The number of hydrogen-bond acceptors (Lipinski definition) is 3. The van der Waals surface area contributed by atoms with Crippen LogP contribution in [0, 0.1) is 0 Å². The molecule has 1 aromatic carbocycles. The molecule has 3 atom stereocenters. The van der Waals surface area contributed by atoms with E-state index in [1.807, 2.05) is 18.2 Å². The van der Waals surface area contributed by atoms with Crippen molar-refractivity contribution in [1.82, 2.24) is 10.6 Å². The summed E-state index contributed by atoms with van der Waals surface area (Å²) in [4.78, 5) is 24.1. The lowest BCUT2D eigenvalue weighted by atomic mass is 9.89. The first kappa shape index (κ1) is 15.5. The van der Waals surface area contributed by atoms with Crippen LogP contribution in [0.5, 0.6) is 0 Å². The van der Waals surface area contributed by atoms with Crippen molar-refractivity contribution < 1.29 is 9.59 Å². The Hall–Kier alpha value is -1.88. The van der Waals surface area contributed by atoms with Gasteiger partial charge in [-0.2, -0.15) is 0 Å². The number of rotatable bonds is 3. The van der Waals surface area contributed by atoms with Gasteiger partial charge in [0.05, 0.1) is 6.04 Å². The monoisotopic (exact) mass is 289 g/mol. The first-order valence-corrected chi connectivity index (χ1v) is 7.33. The van der Waals surface area contributed by atoms with Crippen molar-refractivity contribution in [3.05, 3.63) is 35.9 Å². The second kappa shape index (κ2) is 6.26. The topological polar surface area (TPSA) is 84.2 Å². The molecule has 1 aliphatic rings. The molecule has 0 saturated carbocycles. The van der Waals surface area contributed by atoms with Gasteiger partial charge < -0.3 is 16.4 Å². The normalized spacial score (nSPS) is 27.4. The zero-order valence-corrected chi connectivity index (χ0v) is 12.6. The molecule has 0 radical (unpaired) electrons. The van der Waals surface area contributed by atoms with E-state index in [0.717, 1.165) is 6.42 Å². The summed E-state index contributed by atoms with van der Waals surface area (Å²) in [5.74, 6) is -0.176. The van der Waals surface area contributed by atoms with Crippen LogP contribution in [-0.4, -0.2) is 29.9 Å². The number of nitrogens with one attached hydrogen (secondary N) is 2. The van der Waals surface area contributed by atoms with Crippen LogP contribution in [0.25, 0.3) is 0 Å². The van der Waals surface area contributed by atoms with Crippen molar-refractivity contribution in [2.24, 2.45) is 5.73 Å². The predicted molar refractivity (Wildman–Crippen MR) is 81.6 cm³/mol. The lowest BCUT2D eigenvalue weighted by Crippen LogP contribution is -2.58. The molecule has 1 heterocycles. The van der Waals surface area contributed by atoms with Crippen LogP contribution in [0.4, 0.5) is 0 Å². The molecule has 0 aliphatic carbocycles. The molecule has 114 valence electrons. The van der Waals surface area contributed by atoms with Crippen molar-refractivity contribution in [2.75, 3.05) is 6.54 Å². The summed E-state index contributed by atoms with van der Waals surface area (Å²) in [6.07, 6.45) is 1.43. The smallest absolute Gasteiger partial charge is 0.245 e. The second-order valence-electron chi connectivity index (χ2n) is 5.97. The molecule has 2 amide bonds. The van der Waals surface area contributed by atoms with E-state index in [2.05, 4.69) is 22.8 Å². The standard InChI is InChI=1S/C16H23N3O2/c1-11(17)14(20)19-16(2)9-8-13(10-18-15(16)21)12-6-4-3-5-7-12/h3-7,11,13H,8-10,17H2,1-2H3,(H,18,21)(H,19,20)/t11-,13+,16-/m0/s1. The summed E-state index contributed by atoms with van der Waals surface area (Å²) in [6, 6.07) is 9.49. The Bertz CT molecular complexity index is 516. The van der Waals surface area contributed by atoms with Crippen LogP contribution in [0.1, 0.15) is 38.2 Å². The summed E-state index contributed by atoms with van der Waals surface area (Å²) in [5.41, 5.74) is 5.89. The van der Waals surface area contributed by atoms with Gasteiger partial charge in [-0.25, -0.2) is 0 Å². The SMILES string of the molecule is C[C@H](N)C(=O)N[C@@]1(C)CC[C@@H](c2ccccc2)CNC1=O. The minimum absolute atomic E-state index is 0.144. The minimum Gasteiger partial charge on any atom is -0.353 e. The van der Waals surface area contributed by atoms with E-state index in [0.29, 0.717) is 13.0 Å². The molecule has 0 aromatic heterocycles. The molecule has 5 heteroatoms. The molecule has 2 rings (SSSR count). The van der Waals surface area contributed by atoms with Gasteiger partial charge in [0.1, 0.15) is 5.54 Å². The van der Waals surface area contributed by atoms with Crippen LogP contribution < -0.4 is 16.4 Å². The zero-order chi connectivity index (χ0) is 15.5. The number of carbonyl (C=O) groups is 2. The van der Waals surface area contributed by atoms with Gasteiger partial charge in [-0.3, -0.25) is 9.59 Å². The highest BCUT2D eigenvalue weighted by atomic mass is 16.2. The first-order chi connectivity index (χ1) is 9.92. The van der Waals surface area contributed by atoms with Crippen LogP contribution in [0.3, 0.4) is 0 Å². The number of amides is 2. The predicted octanol–water partition coefficient (Wildman–Crippen LogP) is 0.902. The van der Waals surface area contributed by atoms with Crippen LogP contribution in [0.15, 0.2) is 30.3 Å². The molecular formula is C16H23N3O2. The van der Waals surface area contributed by atoms with Crippen LogP contribution in [0.2, 0.25) is 0 Å². The Balaban J connectivity index is 2.10. The van der Waals surface area contributed by atoms with Gasteiger partial charge in [0.25, 0.3) is 0 Å². The maximum Gasteiger partial charge on any atom is 0.245 e. The number of hydrogen-bond donors (Lipinski definition) is 3. The Morgan fingerprint density at radius 2 is 2.10 bits per heavy atom. The highest BCUT2D eigenvalue weighted by molar-refractivity contribution is 5.92. The average Bonchev–Trinajstić information content (AvgIpc) is 2.60. The van der Waals surface area contributed by atoms with Crippen molar-refractivity contribution in [3.63, 3.8) is 0 Å². The van der Waals surface area contributed by atoms with Crippen molar-refractivity contribution in [2.45, 2.75) is 44.2 Å². The van der Waals surface area contributed by atoms with Gasteiger partial charge in [-0.15, -0.1) is 0 Å². The van der Waals surface area contributed by atoms with Gasteiger partial charge in [0, 0.05) is 12.5 Å². The Morgan fingerprint density at radius 1 is 1.43 bits per heavy atom. The maximum absolute atomic E-state index is 12.3. The van der Waals surface area contributed by atoms with E-state index < -0.39 is 11.6 Å². The molecule has 1 aromatic rings. The molecule has 1 saturated heterocycles. The summed E-state index contributed by atoms with van der Waals surface area (Å²) >= 11 is 0. The van der Waals surface area contributed by atoms with Crippen molar-refractivity contribution in [1.29, 1.82) is 0 Å². The van der Waals surface area contributed by atoms with E-state index in [1.165, 1.54) is 5.56 Å². The number of carbonyl (C=O) groups excluding carboxylic acids is 2. The van der Waals surface area contributed by atoms with Crippen LogP contribution in [-0.2, 0) is 9.59 Å². The molecule has 4 N–H and O–H groups in total.